The van der Waals surface area contributed by atoms with E-state index in [4.69, 9.17) is 0 Å². The molecule has 0 heteroatoms. The SMILES string of the molecule is CC(C)C1C(C)C(C)C(C)C1C(C)C. The van der Waals surface area contributed by atoms with Crippen LogP contribution >= 0.6 is 0 Å². The van der Waals surface area contributed by atoms with E-state index in [2.05, 4.69) is 48.5 Å². The summed E-state index contributed by atoms with van der Waals surface area (Å²) < 4.78 is 0. The summed E-state index contributed by atoms with van der Waals surface area (Å²) in [5.74, 6) is 6.33. The minimum absolute atomic E-state index is 0.852. The lowest BCUT2D eigenvalue weighted by molar-refractivity contribution is 0.174. The first kappa shape index (κ1) is 12.1. The summed E-state index contributed by atoms with van der Waals surface area (Å²) >= 11 is 0. The van der Waals surface area contributed by atoms with Crippen LogP contribution in [0.4, 0.5) is 0 Å². The van der Waals surface area contributed by atoms with Gasteiger partial charge in [-0.25, -0.2) is 0 Å². The fraction of sp³-hybridized carbons (Fsp3) is 1.00. The molecule has 1 aliphatic rings. The van der Waals surface area contributed by atoms with Gasteiger partial charge in [-0.2, -0.15) is 0 Å². The molecule has 1 saturated carbocycles. The van der Waals surface area contributed by atoms with Crippen LogP contribution in [0, 0.1) is 41.4 Å². The molecule has 4 unspecified atom stereocenters. The lowest BCUT2D eigenvalue weighted by atomic mass is 9.74. The maximum Gasteiger partial charge on any atom is -0.0329 e. The quantitative estimate of drug-likeness (QED) is 0.612. The molecule has 14 heavy (non-hydrogen) atoms. The summed E-state index contributed by atoms with van der Waals surface area (Å²) in [5, 5.41) is 0. The fourth-order valence-electron chi connectivity index (χ4n) is 3.98. The summed E-state index contributed by atoms with van der Waals surface area (Å²) in [6, 6.07) is 0. The van der Waals surface area contributed by atoms with Crippen molar-refractivity contribution in [1.82, 2.24) is 0 Å². The third-order valence-corrected chi connectivity index (χ3v) is 4.86. The minimum Gasteiger partial charge on any atom is -0.0625 e. The Morgan fingerprint density at radius 1 is 0.571 bits per heavy atom. The molecule has 0 bridgehead atoms. The molecule has 0 N–H and O–H groups in total. The molecule has 0 spiro atoms. The maximum atomic E-state index is 2.47. The third kappa shape index (κ3) is 1.85. The van der Waals surface area contributed by atoms with Gasteiger partial charge in [0.25, 0.3) is 0 Å². The van der Waals surface area contributed by atoms with Crippen LogP contribution in [0.1, 0.15) is 48.5 Å². The first-order chi connectivity index (χ1) is 6.37. The number of rotatable bonds is 2. The van der Waals surface area contributed by atoms with E-state index in [1.165, 1.54) is 0 Å². The van der Waals surface area contributed by atoms with Crippen LogP contribution < -0.4 is 0 Å². The minimum atomic E-state index is 0.852. The molecule has 84 valence electrons. The van der Waals surface area contributed by atoms with Gasteiger partial charge in [0.2, 0.25) is 0 Å². The molecule has 0 aromatic carbocycles. The normalized spacial score (nSPS) is 43.9. The van der Waals surface area contributed by atoms with Crippen LogP contribution in [0.3, 0.4) is 0 Å². The molecule has 0 aromatic heterocycles. The van der Waals surface area contributed by atoms with Crippen LogP contribution in [-0.2, 0) is 0 Å². The van der Waals surface area contributed by atoms with Crippen LogP contribution in [0.25, 0.3) is 0 Å². The van der Waals surface area contributed by atoms with Crippen molar-refractivity contribution in [2.45, 2.75) is 48.5 Å². The van der Waals surface area contributed by atoms with Crippen molar-refractivity contribution in [2.75, 3.05) is 0 Å². The van der Waals surface area contributed by atoms with Gasteiger partial charge < -0.3 is 0 Å². The highest BCUT2D eigenvalue weighted by molar-refractivity contribution is 4.93. The Morgan fingerprint density at radius 3 is 1.07 bits per heavy atom. The zero-order valence-electron chi connectivity index (χ0n) is 11.0. The summed E-state index contributed by atoms with van der Waals surface area (Å²) in [5.41, 5.74) is 0. The number of hydrogen-bond donors (Lipinski definition) is 0. The monoisotopic (exact) mass is 196 g/mol. The summed E-state index contributed by atoms with van der Waals surface area (Å²) in [6.07, 6.45) is 0. The van der Waals surface area contributed by atoms with E-state index in [9.17, 15) is 0 Å². The topological polar surface area (TPSA) is 0 Å². The summed E-state index contributed by atoms with van der Waals surface area (Å²) in [4.78, 5) is 0. The Balaban J connectivity index is 2.89. The van der Waals surface area contributed by atoms with E-state index in [0.717, 1.165) is 41.4 Å². The van der Waals surface area contributed by atoms with Gasteiger partial charge in [0.1, 0.15) is 0 Å². The van der Waals surface area contributed by atoms with Gasteiger partial charge >= 0.3 is 0 Å². The van der Waals surface area contributed by atoms with Gasteiger partial charge in [-0.15, -0.1) is 0 Å². The van der Waals surface area contributed by atoms with E-state index >= 15 is 0 Å². The van der Waals surface area contributed by atoms with Crippen LogP contribution in [-0.4, -0.2) is 0 Å². The Kier molecular flexibility index (Phi) is 3.66. The average molecular weight is 196 g/mol. The predicted octanol–water partition coefficient (Wildman–Crippen LogP) is 4.45. The average Bonchev–Trinajstić information content (AvgIpc) is 2.29. The first-order valence-corrected chi connectivity index (χ1v) is 6.37. The van der Waals surface area contributed by atoms with Crippen LogP contribution in [0.2, 0.25) is 0 Å². The van der Waals surface area contributed by atoms with Crippen molar-refractivity contribution in [2.24, 2.45) is 41.4 Å². The lowest BCUT2D eigenvalue weighted by Gasteiger charge is -2.31. The highest BCUT2D eigenvalue weighted by Gasteiger charge is 2.45. The molecule has 1 fully saturated rings. The summed E-state index contributed by atoms with van der Waals surface area (Å²) in [7, 11) is 0. The fourth-order valence-corrected chi connectivity index (χ4v) is 3.98. The highest BCUT2D eigenvalue weighted by atomic mass is 14.5. The van der Waals surface area contributed by atoms with Crippen molar-refractivity contribution >= 4 is 0 Å². The molecule has 0 radical (unpaired) electrons. The largest absolute Gasteiger partial charge is 0.0625 e. The van der Waals surface area contributed by atoms with E-state index < -0.39 is 0 Å². The Morgan fingerprint density at radius 2 is 0.857 bits per heavy atom. The molecule has 0 nitrogen and oxygen atoms in total. The van der Waals surface area contributed by atoms with E-state index in [1.807, 2.05) is 0 Å². The maximum absolute atomic E-state index is 2.47. The van der Waals surface area contributed by atoms with Crippen LogP contribution in [0.15, 0.2) is 0 Å². The Labute approximate surface area is 90.5 Å². The Bertz CT molecular complexity index is 160. The van der Waals surface area contributed by atoms with E-state index in [0.29, 0.717) is 0 Å². The first-order valence-electron chi connectivity index (χ1n) is 6.37. The lowest BCUT2D eigenvalue weighted by Crippen LogP contribution is -2.25. The van der Waals surface area contributed by atoms with Gasteiger partial charge in [-0.3, -0.25) is 0 Å². The van der Waals surface area contributed by atoms with Gasteiger partial charge in [-0.05, 0) is 41.4 Å². The summed E-state index contributed by atoms with van der Waals surface area (Å²) in [6.45, 7) is 17.0. The van der Waals surface area contributed by atoms with Crippen molar-refractivity contribution in [3.63, 3.8) is 0 Å². The standard InChI is InChI=1S/C14H28/c1-8(2)13-11(6)10(5)12(7)14(13)9(3)4/h8-14H,1-7H3. The molecule has 1 aliphatic carbocycles. The van der Waals surface area contributed by atoms with Gasteiger partial charge in [0, 0.05) is 0 Å². The van der Waals surface area contributed by atoms with E-state index in [-0.39, 0.29) is 0 Å². The van der Waals surface area contributed by atoms with Crippen molar-refractivity contribution in [1.29, 1.82) is 0 Å². The smallest absolute Gasteiger partial charge is 0.0329 e. The van der Waals surface area contributed by atoms with Crippen molar-refractivity contribution < 1.29 is 0 Å². The van der Waals surface area contributed by atoms with Crippen molar-refractivity contribution in [3.8, 4) is 0 Å². The predicted molar refractivity (Wildman–Crippen MR) is 64.1 cm³/mol. The second kappa shape index (κ2) is 4.24. The molecule has 0 amide bonds. The molecular weight excluding hydrogens is 168 g/mol. The van der Waals surface area contributed by atoms with Gasteiger partial charge in [0.15, 0.2) is 0 Å². The molecule has 0 aliphatic heterocycles. The number of hydrogen-bond acceptors (Lipinski definition) is 0. The molecule has 0 aromatic rings. The molecule has 0 heterocycles. The highest BCUT2D eigenvalue weighted by Crippen LogP contribution is 2.51. The zero-order valence-corrected chi connectivity index (χ0v) is 11.0. The molecule has 1 rings (SSSR count). The molecule has 4 atom stereocenters. The van der Waals surface area contributed by atoms with Gasteiger partial charge in [-0.1, -0.05) is 48.5 Å². The van der Waals surface area contributed by atoms with Gasteiger partial charge in [0.05, 0.1) is 0 Å². The third-order valence-electron chi connectivity index (χ3n) is 4.86. The van der Waals surface area contributed by atoms with Crippen molar-refractivity contribution in [3.05, 3.63) is 0 Å². The zero-order chi connectivity index (χ0) is 11.0. The van der Waals surface area contributed by atoms with Crippen LogP contribution in [0.5, 0.6) is 0 Å². The molecule has 0 saturated heterocycles. The Hall–Kier alpha value is 0. The second-order valence-electron chi connectivity index (χ2n) is 6.22. The molecular formula is C14H28. The second-order valence-corrected chi connectivity index (χ2v) is 6.22. The van der Waals surface area contributed by atoms with E-state index in [1.54, 1.807) is 0 Å².